The van der Waals surface area contributed by atoms with E-state index in [-0.39, 0.29) is 5.91 Å². The van der Waals surface area contributed by atoms with Crippen LogP contribution in [0, 0.1) is 5.41 Å². The van der Waals surface area contributed by atoms with Crippen LogP contribution < -0.4 is 0 Å². The second kappa shape index (κ2) is 5.37. The van der Waals surface area contributed by atoms with Crippen molar-refractivity contribution in [3.8, 4) is 0 Å². The first kappa shape index (κ1) is 13.8. The van der Waals surface area contributed by atoms with Crippen molar-refractivity contribution >= 4 is 17.5 Å². The first-order valence-electron chi connectivity index (χ1n) is 5.90. The lowest BCUT2D eigenvalue weighted by Gasteiger charge is -2.38. The van der Waals surface area contributed by atoms with Crippen LogP contribution in [0.15, 0.2) is 0 Å². The van der Waals surface area contributed by atoms with Gasteiger partial charge in [-0.1, -0.05) is 0 Å². The minimum atomic E-state index is -0.424. The molecule has 94 valence electrons. The molecule has 0 N–H and O–H groups in total. The summed E-state index contributed by atoms with van der Waals surface area (Å²) in [5, 5.41) is 0. The molecule has 16 heavy (non-hydrogen) atoms. The van der Waals surface area contributed by atoms with Crippen molar-refractivity contribution in [3.63, 3.8) is 0 Å². The van der Waals surface area contributed by atoms with E-state index in [1.165, 1.54) is 0 Å². The van der Waals surface area contributed by atoms with Gasteiger partial charge in [0.05, 0.1) is 5.41 Å². The second-order valence-electron chi connectivity index (χ2n) is 5.50. The number of rotatable bonds is 3. The van der Waals surface area contributed by atoms with Gasteiger partial charge >= 0.3 is 0 Å². The molecule has 0 aromatic carbocycles. The average molecular weight is 247 g/mol. The van der Waals surface area contributed by atoms with Crippen LogP contribution in [0.5, 0.6) is 0 Å². The molecule has 1 aliphatic heterocycles. The van der Waals surface area contributed by atoms with Crippen LogP contribution in [0.3, 0.4) is 0 Å². The third kappa shape index (κ3) is 3.11. The van der Waals surface area contributed by atoms with Gasteiger partial charge in [0.15, 0.2) is 0 Å². The maximum Gasteiger partial charge on any atom is 0.229 e. The number of hydrogen-bond acceptors (Lipinski definition) is 2. The normalized spacial score (nSPS) is 19.2. The third-order valence-corrected chi connectivity index (χ3v) is 4.06. The van der Waals surface area contributed by atoms with Gasteiger partial charge < -0.3 is 9.80 Å². The SMILES string of the molecule is CN(C)C1CCN(C(=O)C(C)(C)CCl)CC1. The number of alkyl halides is 1. The standard InChI is InChI=1S/C12H23ClN2O/c1-12(2,9-13)11(16)15-7-5-10(6-8-15)14(3)4/h10H,5-9H2,1-4H3. The zero-order chi connectivity index (χ0) is 12.3. The molecule has 1 heterocycles. The number of carbonyl (C=O) groups is 1. The molecule has 0 spiro atoms. The van der Waals surface area contributed by atoms with E-state index in [1.54, 1.807) is 0 Å². The fourth-order valence-electron chi connectivity index (χ4n) is 2.07. The zero-order valence-corrected chi connectivity index (χ0v) is 11.5. The van der Waals surface area contributed by atoms with Gasteiger partial charge in [-0.25, -0.2) is 0 Å². The van der Waals surface area contributed by atoms with Crippen LogP contribution in [0.4, 0.5) is 0 Å². The summed E-state index contributed by atoms with van der Waals surface area (Å²) in [6, 6.07) is 0.614. The minimum absolute atomic E-state index is 0.194. The fraction of sp³-hybridized carbons (Fsp3) is 0.917. The minimum Gasteiger partial charge on any atom is -0.342 e. The molecule has 0 aliphatic carbocycles. The topological polar surface area (TPSA) is 23.6 Å². The van der Waals surface area contributed by atoms with Crippen molar-refractivity contribution in [2.75, 3.05) is 33.1 Å². The highest BCUT2D eigenvalue weighted by molar-refractivity contribution is 6.19. The lowest BCUT2D eigenvalue weighted by Crippen LogP contribution is -2.49. The molecule has 0 aromatic heterocycles. The van der Waals surface area contributed by atoms with Crippen LogP contribution in [0.1, 0.15) is 26.7 Å². The predicted octanol–water partition coefficient (Wildman–Crippen LogP) is 1.80. The lowest BCUT2D eigenvalue weighted by molar-refractivity contribution is -0.140. The maximum atomic E-state index is 12.2. The highest BCUT2D eigenvalue weighted by atomic mass is 35.5. The number of halogens is 1. The van der Waals surface area contributed by atoms with Gasteiger partial charge in [0, 0.05) is 25.0 Å². The Bertz CT molecular complexity index is 245. The van der Waals surface area contributed by atoms with Gasteiger partial charge in [-0.05, 0) is 40.8 Å². The first-order chi connectivity index (χ1) is 7.38. The van der Waals surface area contributed by atoms with Crippen LogP contribution in [-0.4, -0.2) is 54.8 Å². The van der Waals surface area contributed by atoms with Crippen molar-refractivity contribution in [1.82, 2.24) is 9.80 Å². The Morgan fingerprint density at radius 2 is 1.88 bits per heavy atom. The van der Waals surface area contributed by atoms with Crippen molar-refractivity contribution < 1.29 is 4.79 Å². The average Bonchev–Trinajstić information content (AvgIpc) is 2.28. The van der Waals surface area contributed by atoms with E-state index >= 15 is 0 Å². The largest absolute Gasteiger partial charge is 0.342 e. The summed E-state index contributed by atoms with van der Waals surface area (Å²) in [7, 11) is 4.20. The van der Waals surface area contributed by atoms with E-state index in [0.29, 0.717) is 11.9 Å². The first-order valence-corrected chi connectivity index (χ1v) is 6.43. The van der Waals surface area contributed by atoms with Crippen LogP contribution in [0.2, 0.25) is 0 Å². The molecular formula is C12H23ClN2O. The van der Waals surface area contributed by atoms with E-state index in [9.17, 15) is 4.79 Å². The number of likely N-dealkylation sites (tertiary alicyclic amines) is 1. The van der Waals surface area contributed by atoms with E-state index in [2.05, 4.69) is 19.0 Å². The molecule has 0 unspecified atom stereocenters. The van der Waals surface area contributed by atoms with Crippen molar-refractivity contribution in [2.24, 2.45) is 5.41 Å². The summed E-state index contributed by atoms with van der Waals surface area (Å²) in [4.78, 5) is 16.4. The zero-order valence-electron chi connectivity index (χ0n) is 10.8. The molecule has 1 saturated heterocycles. The number of nitrogens with zero attached hydrogens (tertiary/aromatic N) is 2. The van der Waals surface area contributed by atoms with Gasteiger partial charge in [-0.2, -0.15) is 0 Å². The number of hydrogen-bond donors (Lipinski definition) is 0. The number of carbonyl (C=O) groups excluding carboxylic acids is 1. The molecule has 1 aliphatic rings. The van der Waals surface area contributed by atoms with Gasteiger partial charge in [-0.3, -0.25) is 4.79 Å². The number of piperidine rings is 1. The van der Waals surface area contributed by atoms with Crippen LogP contribution in [0.25, 0.3) is 0 Å². The Morgan fingerprint density at radius 1 is 1.38 bits per heavy atom. The molecule has 1 fully saturated rings. The van der Waals surface area contributed by atoms with Gasteiger partial charge in [0.2, 0.25) is 5.91 Å². The van der Waals surface area contributed by atoms with Crippen molar-refractivity contribution in [3.05, 3.63) is 0 Å². The highest BCUT2D eigenvalue weighted by Gasteiger charge is 2.33. The predicted molar refractivity (Wildman–Crippen MR) is 67.8 cm³/mol. The van der Waals surface area contributed by atoms with Gasteiger partial charge in [0.1, 0.15) is 0 Å². The summed E-state index contributed by atoms with van der Waals surface area (Å²) in [5.74, 6) is 0.583. The van der Waals surface area contributed by atoms with E-state index in [4.69, 9.17) is 11.6 Å². The third-order valence-electron chi connectivity index (χ3n) is 3.40. The fourth-order valence-corrected chi connectivity index (χ4v) is 2.18. The summed E-state index contributed by atoms with van der Waals surface area (Å²) >= 11 is 5.83. The summed E-state index contributed by atoms with van der Waals surface area (Å²) in [5.41, 5.74) is -0.424. The molecule has 0 aromatic rings. The second-order valence-corrected chi connectivity index (χ2v) is 5.77. The molecule has 1 amide bonds. The highest BCUT2D eigenvalue weighted by Crippen LogP contribution is 2.24. The molecule has 0 saturated carbocycles. The summed E-state index contributed by atoms with van der Waals surface area (Å²) in [6.45, 7) is 5.56. The van der Waals surface area contributed by atoms with Crippen molar-refractivity contribution in [2.45, 2.75) is 32.7 Å². The Kier molecular flexibility index (Phi) is 4.62. The molecule has 3 nitrogen and oxygen atoms in total. The molecule has 0 bridgehead atoms. The molecular weight excluding hydrogens is 224 g/mol. The molecule has 0 radical (unpaired) electrons. The van der Waals surface area contributed by atoms with Gasteiger partial charge in [-0.15, -0.1) is 11.6 Å². The molecule has 0 atom stereocenters. The van der Waals surface area contributed by atoms with Gasteiger partial charge in [0.25, 0.3) is 0 Å². The monoisotopic (exact) mass is 246 g/mol. The smallest absolute Gasteiger partial charge is 0.229 e. The Balaban J connectivity index is 2.51. The van der Waals surface area contributed by atoms with Crippen LogP contribution >= 0.6 is 11.6 Å². The molecule has 1 rings (SSSR count). The Morgan fingerprint density at radius 3 is 2.25 bits per heavy atom. The lowest BCUT2D eigenvalue weighted by atomic mass is 9.92. The van der Waals surface area contributed by atoms with Crippen LogP contribution in [-0.2, 0) is 4.79 Å². The maximum absolute atomic E-state index is 12.2. The summed E-state index contributed by atoms with van der Waals surface area (Å²) in [6.07, 6.45) is 2.13. The molecule has 4 heteroatoms. The summed E-state index contributed by atoms with van der Waals surface area (Å²) < 4.78 is 0. The number of amides is 1. The van der Waals surface area contributed by atoms with Crippen molar-refractivity contribution in [1.29, 1.82) is 0 Å². The van der Waals surface area contributed by atoms with E-state index in [1.807, 2.05) is 18.7 Å². The van der Waals surface area contributed by atoms with E-state index < -0.39 is 5.41 Å². The quantitative estimate of drug-likeness (QED) is 0.709. The Labute approximate surface area is 104 Å². The van der Waals surface area contributed by atoms with E-state index in [0.717, 1.165) is 25.9 Å². The Hall–Kier alpha value is -0.280.